The van der Waals surface area contributed by atoms with E-state index in [2.05, 4.69) is 31.2 Å². The maximum Gasteiger partial charge on any atom is 0.154 e. The smallest absolute Gasteiger partial charge is 0.154 e. The third-order valence-electron chi connectivity index (χ3n) is 6.76. The SMILES string of the molecule is O=C(CNc1cc2cc(-c3cnccn3)ccc2cn1)C1CCC(CN2CC(F)C2)CC1. The first-order valence-corrected chi connectivity index (χ1v) is 11.4. The number of nitrogens with zero attached hydrogens (tertiary/aromatic N) is 4. The van der Waals surface area contributed by atoms with Crippen molar-refractivity contribution < 1.29 is 9.18 Å². The highest BCUT2D eigenvalue weighted by Crippen LogP contribution is 2.31. The summed E-state index contributed by atoms with van der Waals surface area (Å²) in [5.74, 6) is 1.68. The lowest BCUT2D eigenvalue weighted by Crippen LogP contribution is -2.50. The van der Waals surface area contributed by atoms with E-state index >= 15 is 0 Å². The lowest BCUT2D eigenvalue weighted by Gasteiger charge is -2.38. The summed E-state index contributed by atoms with van der Waals surface area (Å²) in [6.45, 7) is 2.45. The number of pyridine rings is 1. The molecule has 0 bridgehead atoms. The average Bonchev–Trinajstić information content (AvgIpc) is 2.82. The molecule has 1 aliphatic heterocycles. The number of benzene rings is 1. The van der Waals surface area contributed by atoms with Gasteiger partial charge in [0.05, 0.1) is 18.4 Å². The lowest BCUT2D eigenvalue weighted by atomic mass is 9.79. The van der Waals surface area contributed by atoms with Gasteiger partial charge in [-0.25, -0.2) is 9.37 Å². The van der Waals surface area contributed by atoms with Gasteiger partial charge in [0.15, 0.2) is 5.78 Å². The Kier molecular flexibility index (Phi) is 6.08. The normalized spacial score (nSPS) is 21.9. The number of anilines is 1. The molecule has 3 heterocycles. The molecule has 0 atom stereocenters. The molecule has 2 aromatic heterocycles. The number of likely N-dealkylation sites (tertiary alicyclic amines) is 1. The maximum absolute atomic E-state index is 13.0. The van der Waals surface area contributed by atoms with Crippen LogP contribution in [-0.4, -0.2) is 58.0 Å². The van der Waals surface area contributed by atoms with Crippen LogP contribution >= 0.6 is 0 Å². The van der Waals surface area contributed by atoms with Crippen LogP contribution in [0.3, 0.4) is 0 Å². The number of rotatable bonds is 7. The van der Waals surface area contributed by atoms with E-state index in [1.54, 1.807) is 18.6 Å². The van der Waals surface area contributed by atoms with Gasteiger partial charge < -0.3 is 5.32 Å². The van der Waals surface area contributed by atoms with Crippen LogP contribution in [0.15, 0.2) is 49.1 Å². The molecule has 1 N–H and O–H groups in total. The van der Waals surface area contributed by atoms with Crippen LogP contribution < -0.4 is 5.32 Å². The molecule has 6 nitrogen and oxygen atoms in total. The average molecular weight is 434 g/mol. The van der Waals surface area contributed by atoms with E-state index in [0.29, 0.717) is 31.4 Å². The molecule has 2 fully saturated rings. The molecule has 3 aromatic rings. The zero-order chi connectivity index (χ0) is 21.9. The van der Waals surface area contributed by atoms with Crippen molar-refractivity contribution in [2.45, 2.75) is 31.9 Å². The van der Waals surface area contributed by atoms with Crippen LogP contribution in [0.5, 0.6) is 0 Å². The topological polar surface area (TPSA) is 71.0 Å². The van der Waals surface area contributed by atoms with Gasteiger partial charge in [0.2, 0.25) is 0 Å². The van der Waals surface area contributed by atoms with Crippen molar-refractivity contribution in [2.24, 2.45) is 11.8 Å². The molecule has 1 saturated heterocycles. The molecule has 1 saturated carbocycles. The fourth-order valence-corrected chi connectivity index (χ4v) is 4.86. The Morgan fingerprint density at radius 3 is 2.62 bits per heavy atom. The molecule has 1 aromatic carbocycles. The molecule has 1 aliphatic carbocycles. The van der Waals surface area contributed by atoms with E-state index in [0.717, 1.165) is 54.3 Å². The third-order valence-corrected chi connectivity index (χ3v) is 6.76. The van der Waals surface area contributed by atoms with Crippen molar-refractivity contribution in [1.29, 1.82) is 0 Å². The molecular formula is C25H28FN5O. The number of hydrogen-bond acceptors (Lipinski definition) is 6. The van der Waals surface area contributed by atoms with Crippen LogP contribution in [0.4, 0.5) is 10.2 Å². The van der Waals surface area contributed by atoms with Gasteiger partial charge >= 0.3 is 0 Å². The summed E-state index contributed by atoms with van der Waals surface area (Å²) in [5.41, 5.74) is 1.82. The minimum absolute atomic E-state index is 0.118. The van der Waals surface area contributed by atoms with Gasteiger partial charge in [-0.3, -0.25) is 19.7 Å². The third kappa shape index (κ3) is 4.78. The van der Waals surface area contributed by atoms with Crippen LogP contribution in [0.1, 0.15) is 25.7 Å². The van der Waals surface area contributed by atoms with Crippen molar-refractivity contribution in [3.8, 4) is 11.3 Å². The molecule has 5 rings (SSSR count). The molecule has 0 unspecified atom stereocenters. The van der Waals surface area contributed by atoms with Crippen LogP contribution in [0.2, 0.25) is 0 Å². The first-order valence-electron chi connectivity index (χ1n) is 11.4. The molecule has 0 radical (unpaired) electrons. The second kappa shape index (κ2) is 9.28. The Morgan fingerprint density at radius 1 is 1.03 bits per heavy atom. The number of carbonyl (C=O) groups excluding carboxylic acids is 1. The summed E-state index contributed by atoms with van der Waals surface area (Å²) in [7, 11) is 0. The predicted octanol–water partition coefficient (Wildman–Crippen LogP) is 4.13. The highest BCUT2D eigenvalue weighted by atomic mass is 19.1. The zero-order valence-electron chi connectivity index (χ0n) is 18.1. The highest BCUT2D eigenvalue weighted by molar-refractivity contribution is 5.89. The minimum atomic E-state index is -0.638. The number of Topliss-reactive ketones (excluding diaryl/α,β-unsaturated/α-hetero) is 1. The largest absolute Gasteiger partial charge is 0.363 e. The molecule has 0 spiro atoms. The number of carbonyl (C=O) groups is 1. The fourth-order valence-electron chi connectivity index (χ4n) is 4.86. The van der Waals surface area contributed by atoms with Crippen molar-refractivity contribution in [2.75, 3.05) is 31.5 Å². The highest BCUT2D eigenvalue weighted by Gasteiger charge is 2.31. The van der Waals surface area contributed by atoms with Crippen molar-refractivity contribution in [1.82, 2.24) is 19.9 Å². The van der Waals surface area contributed by atoms with Gasteiger partial charge in [0.25, 0.3) is 0 Å². The number of alkyl halides is 1. The number of ketones is 1. The second-order valence-electron chi connectivity index (χ2n) is 9.08. The number of fused-ring (bicyclic) bond motifs is 1. The number of hydrogen-bond donors (Lipinski definition) is 1. The maximum atomic E-state index is 13.0. The Morgan fingerprint density at radius 2 is 1.88 bits per heavy atom. The van der Waals surface area contributed by atoms with Gasteiger partial charge in [0, 0.05) is 55.1 Å². The van der Waals surface area contributed by atoms with E-state index in [1.165, 1.54) is 0 Å². The second-order valence-corrected chi connectivity index (χ2v) is 9.08. The van der Waals surface area contributed by atoms with Crippen molar-refractivity contribution in [3.63, 3.8) is 0 Å². The molecule has 32 heavy (non-hydrogen) atoms. The molecular weight excluding hydrogens is 405 g/mol. The summed E-state index contributed by atoms with van der Waals surface area (Å²) < 4.78 is 13.0. The molecule has 166 valence electrons. The monoisotopic (exact) mass is 433 g/mol. The number of nitrogens with one attached hydrogen (secondary N) is 1. The van der Waals surface area contributed by atoms with Gasteiger partial charge in [-0.2, -0.15) is 0 Å². The summed E-state index contributed by atoms with van der Waals surface area (Å²) in [4.78, 5) is 27.9. The molecule has 0 amide bonds. The van der Waals surface area contributed by atoms with Gasteiger partial charge in [-0.05, 0) is 49.1 Å². The van der Waals surface area contributed by atoms with E-state index in [-0.39, 0.29) is 11.7 Å². The van der Waals surface area contributed by atoms with Gasteiger partial charge in [-0.1, -0.05) is 12.1 Å². The standard InChI is InChI=1S/C25H28FN5O/c26-22-15-31(16-22)14-17-1-3-18(4-2-17)24(32)13-30-25-10-21-9-19(5-6-20(21)11-29-25)23-12-27-7-8-28-23/h5-12,17-18,22H,1-4,13-16H2,(H,29,30). The van der Waals surface area contributed by atoms with E-state index in [9.17, 15) is 9.18 Å². The number of aromatic nitrogens is 3. The van der Waals surface area contributed by atoms with Crippen LogP contribution in [-0.2, 0) is 4.79 Å². The first-order chi connectivity index (χ1) is 15.6. The summed E-state index contributed by atoms with van der Waals surface area (Å²) >= 11 is 0. The van der Waals surface area contributed by atoms with Gasteiger partial charge in [0.1, 0.15) is 12.0 Å². The van der Waals surface area contributed by atoms with E-state index < -0.39 is 6.17 Å². The Labute approximate surface area is 187 Å². The zero-order valence-corrected chi connectivity index (χ0v) is 18.1. The Balaban J connectivity index is 1.16. The fraction of sp³-hybridized carbons (Fsp3) is 0.440. The Bertz CT molecular complexity index is 1080. The first kappa shape index (κ1) is 20.9. The van der Waals surface area contributed by atoms with Crippen molar-refractivity contribution >= 4 is 22.4 Å². The van der Waals surface area contributed by atoms with Gasteiger partial charge in [-0.15, -0.1) is 0 Å². The van der Waals surface area contributed by atoms with Crippen LogP contribution in [0.25, 0.3) is 22.0 Å². The molecule has 2 aliphatic rings. The predicted molar refractivity (Wildman–Crippen MR) is 123 cm³/mol. The Hall–Kier alpha value is -2.93. The lowest BCUT2D eigenvalue weighted by molar-refractivity contribution is -0.122. The molecule has 7 heteroatoms. The summed E-state index contributed by atoms with van der Waals surface area (Å²) in [6, 6.07) is 8.08. The summed E-state index contributed by atoms with van der Waals surface area (Å²) in [5, 5.41) is 5.30. The summed E-state index contributed by atoms with van der Waals surface area (Å²) in [6.07, 6.45) is 10.3. The van der Waals surface area contributed by atoms with Crippen molar-refractivity contribution in [3.05, 3.63) is 49.1 Å². The van der Waals surface area contributed by atoms with Crippen LogP contribution in [0, 0.1) is 11.8 Å². The number of halogens is 1. The quantitative estimate of drug-likeness (QED) is 0.604. The minimum Gasteiger partial charge on any atom is -0.363 e. The van der Waals surface area contributed by atoms with E-state index in [1.807, 2.05) is 24.4 Å². The van der Waals surface area contributed by atoms with E-state index in [4.69, 9.17) is 0 Å².